The first-order valence-corrected chi connectivity index (χ1v) is 12.7. The van der Waals surface area contributed by atoms with Gasteiger partial charge in [0, 0.05) is 29.8 Å². The molecule has 0 bridgehead atoms. The van der Waals surface area contributed by atoms with Crippen molar-refractivity contribution in [3.05, 3.63) is 111 Å². The van der Waals surface area contributed by atoms with Gasteiger partial charge in [0.2, 0.25) is 0 Å². The van der Waals surface area contributed by atoms with Crippen LogP contribution in [-0.2, 0) is 13.0 Å². The lowest BCUT2D eigenvalue weighted by Gasteiger charge is -2.15. The zero-order valence-corrected chi connectivity index (χ0v) is 22.0. The molecule has 0 aliphatic carbocycles. The Kier molecular flexibility index (Phi) is 6.06. The van der Waals surface area contributed by atoms with E-state index in [1.807, 2.05) is 31.3 Å². The minimum atomic E-state index is -0.643. The van der Waals surface area contributed by atoms with Crippen LogP contribution in [-0.4, -0.2) is 26.6 Å². The number of rotatable bonds is 5. The maximum Gasteiger partial charge on any atom is 0.439 e. The van der Waals surface area contributed by atoms with Crippen LogP contribution >= 0.6 is 0 Å². The summed E-state index contributed by atoms with van der Waals surface area (Å²) >= 11 is 0. The molecule has 4 heterocycles. The Morgan fingerprint density at radius 3 is 2.74 bits per heavy atom. The Morgan fingerprint density at radius 1 is 1.18 bits per heavy atom. The molecule has 1 aliphatic heterocycles. The van der Waals surface area contributed by atoms with Gasteiger partial charge in [0.15, 0.2) is 17.2 Å². The highest BCUT2D eigenvalue weighted by Gasteiger charge is 2.25. The van der Waals surface area contributed by atoms with Crippen LogP contribution in [0, 0.1) is 5.82 Å². The summed E-state index contributed by atoms with van der Waals surface area (Å²) in [5, 5.41) is 3.89. The van der Waals surface area contributed by atoms with Gasteiger partial charge in [0.1, 0.15) is 18.2 Å². The SMILES string of the molecule is COc1cccn2c(Cc3ccc4c(c3)COc3cc(F)ccc3/C4=C(/C)c3noc(=O)[nH]3)c(C(C)C)nc12. The average molecular weight is 527 g/mol. The Hall–Kier alpha value is -4.66. The maximum absolute atomic E-state index is 14.2. The number of nitrogens with one attached hydrogen (secondary N) is 1. The second kappa shape index (κ2) is 9.58. The van der Waals surface area contributed by atoms with E-state index in [9.17, 15) is 9.18 Å². The second-order valence-corrected chi connectivity index (χ2v) is 9.91. The molecular weight excluding hydrogens is 499 g/mol. The Morgan fingerprint density at radius 2 is 2.00 bits per heavy atom. The number of hydrogen-bond acceptors (Lipinski definition) is 6. The Bertz CT molecular complexity index is 1810. The number of pyridine rings is 1. The number of methoxy groups -OCH3 is 1. The number of fused-ring (bicyclic) bond motifs is 3. The fourth-order valence-electron chi connectivity index (χ4n) is 5.26. The van der Waals surface area contributed by atoms with E-state index >= 15 is 0 Å². The summed E-state index contributed by atoms with van der Waals surface area (Å²) in [6.07, 6.45) is 2.65. The Balaban J connectivity index is 1.49. The van der Waals surface area contributed by atoms with Crippen molar-refractivity contribution in [2.75, 3.05) is 7.11 Å². The van der Waals surface area contributed by atoms with Gasteiger partial charge in [-0.05, 0) is 59.4 Å². The molecule has 1 N–H and O–H groups in total. The van der Waals surface area contributed by atoms with Crippen LogP contribution in [0.4, 0.5) is 4.39 Å². The standard InChI is InChI=1S/C30H27FN4O4/c1-16(2)27-23(35-11-5-6-24(37-4)29(35)32-27)13-18-7-9-21-19(12-18)15-38-25-14-20(31)8-10-22(25)26(21)17(3)28-33-30(36)39-34-28/h5-12,14,16H,13,15H2,1-4H3,(H,33,34,36)/b26-17-. The number of H-pyrrole nitrogens is 1. The summed E-state index contributed by atoms with van der Waals surface area (Å²) in [5.74, 6) is 0.640. The van der Waals surface area contributed by atoms with Gasteiger partial charge in [-0.25, -0.2) is 14.2 Å². The van der Waals surface area contributed by atoms with Crippen LogP contribution < -0.4 is 15.2 Å². The predicted octanol–water partition coefficient (Wildman–Crippen LogP) is 5.74. The van der Waals surface area contributed by atoms with Crippen LogP contribution in [0.3, 0.4) is 0 Å². The molecule has 0 saturated carbocycles. The smallest absolute Gasteiger partial charge is 0.439 e. The van der Waals surface area contributed by atoms with Crippen molar-refractivity contribution < 1.29 is 18.4 Å². The summed E-state index contributed by atoms with van der Waals surface area (Å²) in [7, 11) is 1.65. The number of halogens is 1. The minimum absolute atomic E-state index is 0.222. The van der Waals surface area contributed by atoms with Crippen LogP contribution in [0.15, 0.2) is 64.0 Å². The number of nitrogens with zero attached hydrogens (tertiary/aromatic N) is 3. The minimum Gasteiger partial charge on any atom is -0.493 e. The van der Waals surface area contributed by atoms with Gasteiger partial charge in [-0.2, -0.15) is 0 Å². The molecule has 0 atom stereocenters. The fraction of sp³-hybridized carbons (Fsp3) is 0.233. The van der Waals surface area contributed by atoms with Crippen molar-refractivity contribution in [3.63, 3.8) is 0 Å². The lowest BCUT2D eigenvalue weighted by molar-refractivity contribution is 0.305. The van der Waals surface area contributed by atoms with E-state index in [0.29, 0.717) is 29.1 Å². The van der Waals surface area contributed by atoms with E-state index in [1.165, 1.54) is 12.1 Å². The molecule has 9 heteroatoms. The zero-order chi connectivity index (χ0) is 27.3. The van der Waals surface area contributed by atoms with Crippen molar-refractivity contribution in [1.29, 1.82) is 0 Å². The first-order valence-electron chi connectivity index (χ1n) is 12.7. The highest BCUT2D eigenvalue weighted by atomic mass is 19.1. The first kappa shape index (κ1) is 24.7. The van der Waals surface area contributed by atoms with Crippen molar-refractivity contribution in [3.8, 4) is 11.5 Å². The third-order valence-corrected chi connectivity index (χ3v) is 7.09. The summed E-state index contributed by atoms with van der Waals surface area (Å²) < 4.78 is 32.7. The van der Waals surface area contributed by atoms with Gasteiger partial charge in [-0.3, -0.25) is 9.51 Å². The molecule has 8 nitrogen and oxygen atoms in total. The van der Waals surface area contributed by atoms with Crippen molar-refractivity contribution in [2.45, 2.75) is 39.7 Å². The predicted molar refractivity (Wildman–Crippen MR) is 145 cm³/mol. The summed E-state index contributed by atoms with van der Waals surface area (Å²) in [6.45, 7) is 6.36. The molecule has 1 aliphatic rings. The van der Waals surface area contributed by atoms with Crippen LogP contribution in [0.2, 0.25) is 0 Å². The van der Waals surface area contributed by atoms with Gasteiger partial charge in [0.25, 0.3) is 0 Å². The highest BCUT2D eigenvalue weighted by Crippen LogP contribution is 2.41. The van der Waals surface area contributed by atoms with Crippen molar-refractivity contribution in [2.24, 2.45) is 0 Å². The number of aromatic nitrogens is 4. The second-order valence-electron chi connectivity index (χ2n) is 9.91. The van der Waals surface area contributed by atoms with Crippen LogP contribution in [0.5, 0.6) is 11.5 Å². The monoisotopic (exact) mass is 526 g/mol. The van der Waals surface area contributed by atoms with E-state index in [1.54, 1.807) is 13.2 Å². The molecule has 198 valence electrons. The third-order valence-electron chi connectivity index (χ3n) is 7.09. The average Bonchev–Trinajstić information content (AvgIpc) is 3.48. The normalized spacial score (nSPS) is 14.1. The molecule has 0 amide bonds. The molecule has 0 spiro atoms. The van der Waals surface area contributed by atoms with E-state index < -0.39 is 11.6 Å². The summed E-state index contributed by atoms with van der Waals surface area (Å²) in [6, 6.07) is 14.6. The molecule has 6 rings (SSSR count). The number of imidazole rings is 1. The molecule has 0 unspecified atom stereocenters. The lowest BCUT2D eigenvalue weighted by atomic mass is 9.89. The van der Waals surface area contributed by atoms with Crippen LogP contribution in [0.25, 0.3) is 16.8 Å². The molecule has 3 aromatic heterocycles. The summed E-state index contributed by atoms with van der Waals surface area (Å²) in [5.41, 5.74) is 7.99. The van der Waals surface area contributed by atoms with E-state index in [2.05, 4.69) is 40.5 Å². The molecule has 0 radical (unpaired) electrons. The molecule has 0 saturated heterocycles. The number of hydrogen-bond donors (Lipinski definition) is 1. The topological polar surface area (TPSA) is 94.6 Å². The quantitative estimate of drug-likeness (QED) is 0.314. The highest BCUT2D eigenvalue weighted by molar-refractivity contribution is 5.99. The molecule has 5 aromatic rings. The third kappa shape index (κ3) is 4.29. The van der Waals surface area contributed by atoms with Crippen molar-refractivity contribution >= 4 is 16.8 Å². The Labute approximate surface area is 223 Å². The number of allylic oxidation sites excluding steroid dienone is 1. The van der Waals surface area contributed by atoms with Crippen LogP contribution in [0.1, 0.15) is 66.2 Å². The fourth-order valence-corrected chi connectivity index (χ4v) is 5.26. The molecule has 39 heavy (non-hydrogen) atoms. The van der Waals surface area contributed by atoms with E-state index in [4.69, 9.17) is 19.0 Å². The lowest BCUT2D eigenvalue weighted by Crippen LogP contribution is -2.03. The zero-order valence-electron chi connectivity index (χ0n) is 22.0. The van der Waals surface area contributed by atoms with Gasteiger partial charge in [-0.1, -0.05) is 37.2 Å². The van der Waals surface area contributed by atoms with Crippen molar-refractivity contribution in [1.82, 2.24) is 19.5 Å². The number of benzene rings is 2. The maximum atomic E-state index is 14.2. The van der Waals surface area contributed by atoms with Gasteiger partial charge >= 0.3 is 5.76 Å². The first-order chi connectivity index (χ1) is 18.8. The van der Waals surface area contributed by atoms with Gasteiger partial charge in [0.05, 0.1) is 18.5 Å². The molecular formula is C30H27FN4O4. The van der Waals surface area contributed by atoms with E-state index in [-0.39, 0.29) is 12.5 Å². The van der Waals surface area contributed by atoms with Gasteiger partial charge in [-0.15, -0.1) is 0 Å². The molecule has 2 aromatic carbocycles. The summed E-state index contributed by atoms with van der Waals surface area (Å²) in [4.78, 5) is 19.2. The van der Waals surface area contributed by atoms with E-state index in [0.717, 1.165) is 45.0 Å². The largest absolute Gasteiger partial charge is 0.493 e. The van der Waals surface area contributed by atoms with Gasteiger partial charge < -0.3 is 13.9 Å². The number of ether oxygens (including phenoxy) is 2. The molecule has 0 fully saturated rings. The number of aromatic amines is 1.